The summed E-state index contributed by atoms with van der Waals surface area (Å²) in [5.74, 6) is 1.33. The first-order valence-corrected chi connectivity index (χ1v) is 7.69. The molecule has 2 aliphatic heterocycles. The Bertz CT molecular complexity index is 577. The Morgan fingerprint density at radius 3 is 3.05 bits per heavy atom. The molecule has 1 amide bonds. The molecule has 0 saturated carbocycles. The van der Waals surface area contributed by atoms with Gasteiger partial charge in [-0.25, -0.2) is 4.98 Å². The van der Waals surface area contributed by atoms with Gasteiger partial charge in [-0.05, 0) is 25.3 Å². The molecule has 1 atom stereocenters. The fourth-order valence-electron chi connectivity index (χ4n) is 3.56. The molecule has 2 aliphatic rings. The highest BCUT2D eigenvalue weighted by atomic mass is 16.5. The minimum Gasteiger partial charge on any atom is -0.481 e. The van der Waals surface area contributed by atoms with Gasteiger partial charge in [0.05, 0.1) is 7.11 Å². The average Bonchev–Trinajstić information content (AvgIpc) is 2.97. The Hall–Kier alpha value is -2.11. The molecule has 0 bridgehead atoms. The van der Waals surface area contributed by atoms with E-state index in [1.165, 1.54) is 6.08 Å². The third kappa shape index (κ3) is 2.77. The highest BCUT2D eigenvalue weighted by Crippen LogP contribution is 2.40. The molecule has 3 heterocycles. The van der Waals surface area contributed by atoms with E-state index in [4.69, 9.17) is 4.74 Å². The normalized spacial score (nSPS) is 24.6. The van der Waals surface area contributed by atoms with E-state index in [0.29, 0.717) is 11.8 Å². The Balaban J connectivity index is 1.73. The van der Waals surface area contributed by atoms with Crippen LogP contribution in [0.25, 0.3) is 0 Å². The standard InChI is InChI=1S/C16H22N4O2/c1-3-14(21)19-9-4-6-16(11-19)7-10-20(12-16)15-17-8-5-13(18-15)22-2/h3,5,8H,1,4,6-7,9-12H2,2H3. The van der Waals surface area contributed by atoms with Crippen LogP contribution >= 0.6 is 0 Å². The SMILES string of the molecule is C=CC(=O)N1CCCC2(CCN(c3nccc(OC)n3)C2)C1. The van der Waals surface area contributed by atoms with Crippen molar-refractivity contribution >= 4 is 11.9 Å². The number of anilines is 1. The minimum atomic E-state index is 0.0372. The first-order valence-electron chi connectivity index (χ1n) is 7.69. The number of carbonyl (C=O) groups excluding carboxylic acids is 1. The van der Waals surface area contributed by atoms with Crippen molar-refractivity contribution in [3.63, 3.8) is 0 Å². The maximum atomic E-state index is 11.9. The van der Waals surface area contributed by atoms with Crippen molar-refractivity contribution < 1.29 is 9.53 Å². The van der Waals surface area contributed by atoms with E-state index in [1.807, 2.05) is 4.90 Å². The van der Waals surface area contributed by atoms with Crippen molar-refractivity contribution in [2.75, 3.05) is 38.2 Å². The monoisotopic (exact) mass is 302 g/mol. The lowest BCUT2D eigenvalue weighted by atomic mass is 9.79. The van der Waals surface area contributed by atoms with Crippen LogP contribution in [0.2, 0.25) is 0 Å². The molecule has 3 rings (SSSR count). The second-order valence-corrected chi connectivity index (χ2v) is 6.14. The van der Waals surface area contributed by atoms with E-state index >= 15 is 0 Å². The maximum Gasteiger partial charge on any atom is 0.245 e. The van der Waals surface area contributed by atoms with E-state index in [1.54, 1.807) is 19.4 Å². The van der Waals surface area contributed by atoms with Gasteiger partial charge in [-0.15, -0.1) is 0 Å². The average molecular weight is 302 g/mol. The van der Waals surface area contributed by atoms with Crippen LogP contribution in [-0.2, 0) is 4.79 Å². The molecule has 0 radical (unpaired) electrons. The quantitative estimate of drug-likeness (QED) is 0.792. The number of methoxy groups -OCH3 is 1. The van der Waals surface area contributed by atoms with Crippen LogP contribution in [0.3, 0.4) is 0 Å². The van der Waals surface area contributed by atoms with Crippen molar-refractivity contribution in [2.24, 2.45) is 5.41 Å². The summed E-state index contributed by atoms with van der Waals surface area (Å²) in [6.45, 7) is 7.05. The Kier molecular flexibility index (Phi) is 4.00. The minimum absolute atomic E-state index is 0.0372. The lowest BCUT2D eigenvalue weighted by molar-refractivity contribution is -0.129. The summed E-state index contributed by atoms with van der Waals surface area (Å²) in [5.41, 5.74) is 0.156. The van der Waals surface area contributed by atoms with E-state index < -0.39 is 0 Å². The molecule has 6 heteroatoms. The van der Waals surface area contributed by atoms with Crippen molar-refractivity contribution in [1.82, 2.24) is 14.9 Å². The molecule has 1 aromatic rings. The Morgan fingerprint density at radius 2 is 2.27 bits per heavy atom. The second-order valence-electron chi connectivity index (χ2n) is 6.14. The third-order valence-corrected chi connectivity index (χ3v) is 4.70. The van der Waals surface area contributed by atoms with Crippen LogP contribution in [-0.4, -0.2) is 54.1 Å². The molecular weight excluding hydrogens is 280 g/mol. The zero-order valence-corrected chi connectivity index (χ0v) is 13.0. The fraction of sp³-hybridized carbons (Fsp3) is 0.562. The number of likely N-dealkylation sites (tertiary alicyclic amines) is 1. The molecule has 22 heavy (non-hydrogen) atoms. The van der Waals surface area contributed by atoms with E-state index in [2.05, 4.69) is 21.4 Å². The first kappa shape index (κ1) is 14.8. The van der Waals surface area contributed by atoms with Crippen molar-refractivity contribution in [2.45, 2.75) is 19.3 Å². The fourth-order valence-corrected chi connectivity index (χ4v) is 3.56. The maximum absolute atomic E-state index is 11.9. The molecule has 118 valence electrons. The van der Waals surface area contributed by atoms with E-state index in [9.17, 15) is 4.79 Å². The molecule has 1 unspecified atom stereocenters. The van der Waals surface area contributed by atoms with Crippen LogP contribution in [0.15, 0.2) is 24.9 Å². The summed E-state index contributed by atoms with van der Waals surface area (Å²) < 4.78 is 5.17. The topological polar surface area (TPSA) is 58.6 Å². The number of aromatic nitrogens is 2. The molecule has 0 aromatic carbocycles. The number of amides is 1. The zero-order valence-electron chi connectivity index (χ0n) is 13.0. The van der Waals surface area contributed by atoms with Gasteiger partial charge in [0, 0.05) is 43.9 Å². The van der Waals surface area contributed by atoms with Gasteiger partial charge in [-0.3, -0.25) is 4.79 Å². The summed E-state index contributed by atoms with van der Waals surface area (Å²) in [6, 6.07) is 1.75. The molecule has 6 nitrogen and oxygen atoms in total. The predicted octanol–water partition coefficient (Wildman–Crippen LogP) is 1.49. The number of ether oxygens (including phenoxy) is 1. The van der Waals surface area contributed by atoms with Gasteiger partial charge >= 0.3 is 0 Å². The molecule has 0 N–H and O–H groups in total. The van der Waals surface area contributed by atoms with Gasteiger partial charge in [0.25, 0.3) is 0 Å². The molecule has 2 saturated heterocycles. The van der Waals surface area contributed by atoms with Crippen LogP contribution in [0, 0.1) is 5.41 Å². The number of hydrogen-bond acceptors (Lipinski definition) is 5. The summed E-state index contributed by atoms with van der Waals surface area (Å²) >= 11 is 0. The Morgan fingerprint density at radius 1 is 1.41 bits per heavy atom. The first-order chi connectivity index (χ1) is 10.7. The lowest BCUT2D eigenvalue weighted by Crippen LogP contribution is -2.47. The van der Waals surface area contributed by atoms with Gasteiger partial charge in [-0.2, -0.15) is 4.98 Å². The number of hydrogen-bond donors (Lipinski definition) is 0. The second kappa shape index (κ2) is 5.94. The highest BCUT2D eigenvalue weighted by molar-refractivity contribution is 5.87. The van der Waals surface area contributed by atoms with Crippen molar-refractivity contribution in [3.8, 4) is 5.88 Å². The van der Waals surface area contributed by atoms with Crippen molar-refractivity contribution in [3.05, 3.63) is 24.9 Å². The number of piperidine rings is 1. The highest BCUT2D eigenvalue weighted by Gasteiger charge is 2.42. The number of rotatable bonds is 3. The molecular formula is C16H22N4O2. The summed E-state index contributed by atoms with van der Waals surface area (Å²) in [6.07, 6.45) is 6.40. The van der Waals surface area contributed by atoms with Gasteiger partial charge in [0.15, 0.2) is 0 Å². The zero-order chi connectivity index (χ0) is 15.6. The molecule has 1 spiro atoms. The Labute approximate surface area is 130 Å². The van der Waals surface area contributed by atoms with Crippen LogP contribution in [0.5, 0.6) is 5.88 Å². The summed E-state index contributed by atoms with van der Waals surface area (Å²) in [5, 5.41) is 0. The molecule has 2 fully saturated rings. The lowest BCUT2D eigenvalue weighted by Gasteiger charge is -2.40. The van der Waals surface area contributed by atoms with Gasteiger partial charge < -0.3 is 14.5 Å². The largest absolute Gasteiger partial charge is 0.481 e. The van der Waals surface area contributed by atoms with Gasteiger partial charge in [-0.1, -0.05) is 6.58 Å². The number of carbonyl (C=O) groups is 1. The van der Waals surface area contributed by atoms with Gasteiger partial charge in [0.1, 0.15) is 0 Å². The summed E-state index contributed by atoms with van der Waals surface area (Å²) in [4.78, 5) is 24.8. The summed E-state index contributed by atoms with van der Waals surface area (Å²) in [7, 11) is 1.61. The molecule has 0 aliphatic carbocycles. The smallest absolute Gasteiger partial charge is 0.245 e. The van der Waals surface area contributed by atoms with Crippen LogP contribution in [0.1, 0.15) is 19.3 Å². The third-order valence-electron chi connectivity index (χ3n) is 4.70. The van der Waals surface area contributed by atoms with E-state index in [0.717, 1.165) is 45.4 Å². The van der Waals surface area contributed by atoms with E-state index in [-0.39, 0.29) is 11.3 Å². The number of nitrogens with zero attached hydrogens (tertiary/aromatic N) is 4. The predicted molar refractivity (Wildman–Crippen MR) is 83.9 cm³/mol. The van der Waals surface area contributed by atoms with Crippen LogP contribution in [0.4, 0.5) is 5.95 Å². The van der Waals surface area contributed by atoms with Crippen molar-refractivity contribution in [1.29, 1.82) is 0 Å². The van der Waals surface area contributed by atoms with Crippen LogP contribution < -0.4 is 9.64 Å². The molecule has 1 aromatic heterocycles. The van der Waals surface area contributed by atoms with Gasteiger partial charge in [0.2, 0.25) is 17.7 Å².